The van der Waals surface area contributed by atoms with Crippen LogP contribution in [0.15, 0.2) is 24.3 Å². The van der Waals surface area contributed by atoms with Crippen LogP contribution in [0.2, 0.25) is 0 Å². The van der Waals surface area contributed by atoms with Gasteiger partial charge in [-0.15, -0.1) is 5.10 Å². The molecule has 8 nitrogen and oxygen atoms in total. The van der Waals surface area contributed by atoms with E-state index in [-0.39, 0.29) is 18.3 Å². The number of nitrogens with zero attached hydrogens (tertiary/aromatic N) is 4. The quantitative estimate of drug-likeness (QED) is 0.759. The number of fused-ring (bicyclic) bond motifs is 1. The third-order valence-corrected chi connectivity index (χ3v) is 3.75. The Morgan fingerprint density at radius 1 is 1.16 bits per heavy atom. The van der Waals surface area contributed by atoms with Gasteiger partial charge in [0.05, 0.1) is 14.2 Å². The number of hydrogen-bond donors (Lipinski definition) is 1. The number of rotatable bonds is 5. The molecule has 0 fully saturated rings. The molecular formula is C17H19N5O3. The zero-order valence-corrected chi connectivity index (χ0v) is 14.5. The van der Waals surface area contributed by atoms with Crippen molar-refractivity contribution in [3.05, 3.63) is 47.0 Å². The normalized spacial score (nSPS) is 10.7. The van der Waals surface area contributed by atoms with Gasteiger partial charge in [0.2, 0.25) is 5.82 Å². The predicted molar refractivity (Wildman–Crippen MR) is 91.0 cm³/mol. The molecule has 3 rings (SSSR count). The number of aryl methyl sites for hydroxylation is 2. The number of aromatic nitrogens is 4. The fourth-order valence-electron chi connectivity index (χ4n) is 2.54. The fraction of sp³-hybridized carbons (Fsp3) is 0.294. The van der Waals surface area contributed by atoms with E-state index < -0.39 is 0 Å². The van der Waals surface area contributed by atoms with Crippen LogP contribution in [-0.2, 0) is 6.54 Å². The van der Waals surface area contributed by atoms with Crippen molar-refractivity contribution < 1.29 is 14.3 Å². The third kappa shape index (κ3) is 3.37. The molecule has 0 unspecified atom stereocenters. The van der Waals surface area contributed by atoms with Crippen molar-refractivity contribution in [2.45, 2.75) is 20.4 Å². The molecule has 3 aromatic rings. The maximum Gasteiger partial charge on any atom is 0.291 e. The topological polar surface area (TPSA) is 90.6 Å². The van der Waals surface area contributed by atoms with Crippen molar-refractivity contribution >= 4 is 11.7 Å². The summed E-state index contributed by atoms with van der Waals surface area (Å²) >= 11 is 0. The van der Waals surface area contributed by atoms with Crippen molar-refractivity contribution in [3.63, 3.8) is 0 Å². The second-order valence-electron chi connectivity index (χ2n) is 5.55. The summed E-state index contributed by atoms with van der Waals surface area (Å²) in [5.74, 6) is 1.44. The van der Waals surface area contributed by atoms with Crippen LogP contribution in [0.3, 0.4) is 0 Å². The second kappa shape index (κ2) is 6.76. The first kappa shape index (κ1) is 16.7. The second-order valence-corrected chi connectivity index (χ2v) is 5.55. The number of benzene rings is 1. The van der Waals surface area contributed by atoms with Crippen molar-refractivity contribution in [3.8, 4) is 11.5 Å². The lowest BCUT2D eigenvalue weighted by atomic mass is 10.2. The number of nitrogens with one attached hydrogen (secondary N) is 1. The van der Waals surface area contributed by atoms with E-state index in [1.54, 1.807) is 30.9 Å². The Hall–Kier alpha value is -3.16. The van der Waals surface area contributed by atoms with E-state index in [1.807, 2.05) is 26.0 Å². The zero-order chi connectivity index (χ0) is 18.0. The Balaban J connectivity index is 1.80. The highest BCUT2D eigenvalue weighted by atomic mass is 16.5. The van der Waals surface area contributed by atoms with E-state index in [1.165, 1.54) is 0 Å². The van der Waals surface area contributed by atoms with Crippen LogP contribution in [0.5, 0.6) is 11.5 Å². The molecule has 0 aliphatic carbocycles. The highest BCUT2D eigenvalue weighted by Crippen LogP contribution is 2.23. The lowest BCUT2D eigenvalue weighted by molar-refractivity contribution is 0.0940. The lowest BCUT2D eigenvalue weighted by Crippen LogP contribution is -2.24. The highest BCUT2D eigenvalue weighted by molar-refractivity contribution is 5.90. The van der Waals surface area contributed by atoms with Crippen LogP contribution < -0.4 is 14.8 Å². The molecule has 0 spiro atoms. The monoisotopic (exact) mass is 341 g/mol. The maximum absolute atomic E-state index is 12.4. The summed E-state index contributed by atoms with van der Waals surface area (Å²) in [5.41, 5.74) is 2.48. The van der Waals surface area contributed by atoms with E-state index >= 15 is 0 Å². The first-order valence-electron chi connectivity index (χ1n) is 7.72. The fourth-order valence-corrected chi connectivity index (χ4v) is 2.54. The molecule has 0 saturated heterocycles. The molecule has 1 aromatic carbocycles. The summed E-state index contributed by atoms with van der Waals surface area (Å²) in [6, 6.07) is 7.28. The summed E-state index contributed by atoms with van der Waals surface area (Å²) in [6.07, 6.45) is 0. The van der Waals surface area contributed by atoms with E-state index in [2.05, 4.69) is 20.4 Å². The van der Waals surface area contributed by atoms with Crippen molar-refractivity contribution in [1.82, 2.24) is 24.9 Å². The van der Waals surface area contributed by atoms with Crippen molar-refractivity contribution in [1.29, 1.82) is 0 Å². The van der Waals surface area contributed by atoms with E-state index in [9.17, 15) is 4.79 Å². The number of ether oxygens (including phenoxy) is 2. The highest BCUT2D eigenvalue weighted by Gasteiger charge is 2.15. The SMILES string of the molecule is COc1ccc(OC)c(CNC(=O)c2nc3nc(C)cc(C)n3n2)c1. The minimum absolute atomic E-state index is 0.0723. The van der Waals surface area contributed by atoms with Crippen LogP contribution in [-0.4, -0.2) is 39.7 Å². The molecular weight excluding hydrogens is 322 g/mol. The van der Waals surface area contributed by atoms with Crippen LogP contribution in [0.1, 0.15) is 27.6 Å². The van der Waals surface area contributed by atoms with Gasteiger partial charge in [-0.25, -0.2) is 9.50 Å². The number of methoxy groups -OCH3 is 2. The Morgan fingerprint density at radius 2 is 1.96 bits per heavy atom. The Labute approximate surface area is 144 Å². The Morgan fingerprint density at radius 3 is 2.68 bits per heavy atom. The minimum Gasteiger partial charge on any atom is -0.497 e. The molecule has 0 bridgehead atoms. The van der Waals surface area contributed by atoms with Crippen LogP contribution in [0, 0.1) is 13.8 Å². The molecule has 130 valence electrons. The summed E-state index contributed by atoms with van der Waals surface area (Å²) in [7, 11) is 3.16. The smallest absolute Gasteiger partial charge is 0.291 e. The molecule has 0 aliphatic rings. The maximum atomic E-state index is 12.4. The van der Waals surface area contributed by atoms with Gasteiger partial charge < -0.3 is 14.8 Å². The van der Waals surface area contributed by atoms with Gasteiger partial charge in [-0.2, -0.15) is 4.98 Å². The standard InChI is InChI=1S/C17H19N5O3/c1-10-7-11(2)22-17(19-10)20-15(21-22)16(23)18-9-12-8-13(24-3)5-6-14(12)25-4/h5-8H,9H2,1-4H3,(H,18,23). The summed E-state index contributed by atoms with van der Waals surface area (Å²) < 4.78 is 12.1. The number of hydrogen-bond acceptors (Lipinski definition) is 6. The molecule has 2 heterocycles. The molecule has 0 saturated carbocycles. The summed E-state index contributed by atoms with van der Waals surface area (Å²) in [6.45, 7) is 4.02. The van der Waals surface area contributed by atoms with Gasteiger partial charge in [-0.1, -0.05) is 0 Å². The van der Waals surface area contributed by atoms with Gasteiger partial charge in [0.25, 0.3) is 11.7 Å². The summed E-state index contributed by atoms with van der Waals surface area (Å²) in [4.78, 5) is 20.9. The minimum atomic E-state index is -0.382. The first-order chi connectivity index (χ1) is 12.0. The van der Waals surface area contributed by atoms with Gasteiger partial charge >= 0.3 is 0 Å². The first-order valence-corrected chi connectivity index (χ1v) is 7.72. The third-order valence-electron chi connectivity index (χ3n) is 3.75. The van der Waals surface area contributed by atoms with E-state index in [4.69, 9.17) is 9.47 Å². The average molecular weight is 341 g/mol. The Kier molecular flexibility index (Phi) is 4.51. The van der Waals surface area contributed by atoms with Crippen LogP contribution in [0.4, 0.5) is 0 Å². The summed E-state index contributed by atoms with van der Waals surface area (Å²) in [5, 5.41) is 7.01. The van der Waals surface area contributed by atoms with Crippen LogP contribution >= 0.6 is 0 Å². The largest absolute Gasteiger partial charge is 0.497 e. The molecule has 25 heavy (non-hydrogen) atoms. The van der Waals surface area contributed by atoms with Gasteiger partial charge in [0.1, 0.15) is 11.5 Å². The van der Waals surface area contributed by atoms with Crippen LogP contribution in [0.25, 0.3) is 5.78 Å². The van der Waals surface area contributed by atoms with E-state index in [0.29, 0.717) is 17.3 Å². The van der Waals surface area contributed by atoms with Gasteiger partial charge in [0.15, 0.2) is 0 Å². The lowest BCUT2D eigenvalue weighted by Gasteiger charge is -2.10. The molecule has 1 N–H and O–H groups in total. The van der Waals surface area contributed by atoms with Crippen molar-refractivity contribution in [2.24, 2.45) is 0 Å². The average Bonchev–Trinajstić information content (AvgIpc) is 3.03. The van der Waals surface area contributed by atoms with E-state index in [0.717, 1.165) is 17.0 Å². The van der Waals surface area contributed by atoms with Gasteiger partial charge in [0, 0.05) is 23.5 Å². The zero-order valence-electron chi connectivity index (χ0n) is 14.5. The van der Waals surface area contributed by atoms with Gasteiger partial charge in [-0.05, 0) is 38.1 Å². The molecule has 0 atom stereocenters. The number of amides is 1. The molecule has 0 radical (unpaired) electrons. The number of carbonyl (C=O) groups is 1. The molecule has 1 amide bonds. The Bertz CT molecular complexity index is 935. The predicted octanol–water partition coefficient (Wildman–Crippen LogP) is 1.69. The molecule has 2 aromatic heterocycles. The van der Waals surface area contributed by atoms with Gasteiger partial charge in [-0.3, -0.25) is 4.79 Å². The van der Waals surface area contributed by atoms with Crippen molar-refractivity contribution in [2.75, 3.05) is 14.2 Å². The molecule has 8 heteroatoms. The number of carbonyl (C=O) groups excluding carboxylic acids is 1. The molecule has 0 aliphatic heterocycles.